The molecule has 0 saturated heterocycles. The summed E-state index contributed by atoms with van der Waals surface area (Å²) < 4.78 is 0.985. The predicted molar refractivity (Wildman–Crippen MR) is 98.2 cm³/mol. The van der Waals surface area contributed by atoms with Gasteiger partial charge in [0.1, 0.15) is 0 Å². The van der Waals surface area contributed by atoms with Crippen LogP contribution in [0.25, 0.3) is 0 Å². The molecule has 24 heavy (non-hydrogen) atoms. The fraction of sp³-hybridized carbons (Fsp3) is 0.222. The zero-order chi connectivity index (χ0) is 16.9. The minimum Gasteiger partial charge on any atom is -0.376 e. The Hall–Kier alpha value is -2.34. The fourth-order valence-electron chi connectivity index (χ4n) is 2.19. The van der Waals surface area contributed by atoms with Gasteiger partial charge in [-0.3, -0.25) is 9.59 Å². The van der Waals surface area contributed by atoms with Gasteiger partial charge >= 0.3 is 0 Å². The molecule has 3 rings (SSSR count). The Kier molecular flexibility index (Phi) is 5.15. The van der Waals surface area contributed by atoms with Crippen molar-refractivity contribution in [3.63, 3.8) is 0 Å². The summed E-state index contributed by atoms with van der Waals surface area (Å²) >= 11 is 3.37. The first-order chi connectivity index (χ1) is 11.6. The summed E-state index contributed by atoms with van der Waals surface area (Å²) in [5.74, 6) is -0.265. The molecule has 0 aliphatic heterocycles. The number of carbonyl (C=O) groups is 2. The van der Waals surface area contributed by atoms with Gasteiger partial charge in [-0.05, 0) is 55.3 Å². The van der Waals surface area contributed by atoms with E-state index in [1.807, 2.05) is 24.3 Å². The fourth-order valence-corrected chi connectivity index (χ4v) is 2.45. The first-order valence-corrected chi connectivity index (χ1v) is 8.60. The third-order valence-electron chi connectivity index (χ3n) is 3.62. The highest BCUT2D eigenvalue weighted by Crippen LogP contribution is 2.20. The topological polar surface area (TPSA) is 70.2 Å². The van der Waals surface area contributed by atoms with Gasteiger partial charge in [-0.2, -0.15) is 0 Å². The SMILES string of the molecule is O=C(CNc1ccc(Br)cc1)Nc1cccc(C(=O)NC2CC2)c1. The van der Waals surface area contributed by atoms with Crippen molar-refractivity contribution in [1.29, 1.82) is 0 Å². The molecule has 5 nitrogen and oxygen atoms in total. The maximum absolute atomic E-state index is 12.0. The molecular formula is C18H18BrN3O2. The van der Waals surface area contributed by atoms with Crippen molar-refractivity contribution in [3.8, 4) is 0 Å². The lowest BCUT2D eigenvalue weighted by Gasteiger charge is -2.09. The van der Waals surface area contributed by atoms with Gasteiger partial charge in [0, 0.05) is 27.5 Å². The van der Waals surface area contributed by atoms with Gasteiger partial charge < -0.3 is 16.0 Å². The van der Waals surface area contributed by atoms with Crippen LogP contribution < -0.4 is 16.0 Å². The molecule has 2 amide bonds. The molecule has 6 heteroatoms. The van der Waals surface area contributed by atoms with Crippen LogP contribution in [0.1, 0.15) is 23.2 Å². The summed E-state index contributed by atoms with van der Waals surface area (Å²) in [5, 5.41) is 8.78. The van der Waals surface area contributed by atoms with Crippen molar-refractivity contribution in [2.45, 2.75) is 18.9 Å². The van der Waals surface area contributed by atoms with Crippen molar-refractivity contribution in [1.82, 2.24) is 5.32 Å². The Balaban J connectivity index is 1.53. The maximum atomic E-state index is 12.0. The Morgan fingerprint density at radius 3 is 2.50 bits per heavy atom. The van der Waals surface area contributed by atoms with Gasteiger partial charge in [0.25, 0.3) is 5.91 Å². The van der Waals surface area contributed by atoms with E-state index >= 15 is 0 Å². The van der Waals surface area contributed by atoms with E-state index in [0.717, 1.165) is 23.0 Å². The van der Waals surface area contributed by atoms with Crippen LogP contribution in [-0.2, 0) is 4.79 Å². The van der Waals surface area contributed by atoms with Crippen molar-refractivity contribution >= 4 is 39.1 Å². The zero-order valence-electron chi connectivity index (χ0n) is 13.0. The van der Waals surface area contributed by atoms with Gasteiger partial charge in [-0.25, -0.2) is 0 Å². The summed E-state index contributed by atoms with van der Waals surface area (Å²) in [5.41, 5.74) is 2.03. The number of nitrogens with one attached hydrogen (secondary N) is 3. The summed E-state index contributed by atoms with van der Waals surface area (Å²) in [7, 11) is 0. The lowest BCUT2D eigenvalue weighted by atomic mass is 10.2. The number of hydrogen-bond acceptors (Lipinski definition) is 3. The minimum absolute atomic E-state index is 0.0958. The molecule has 0 spiro atoms. The van der Waals surface area contributed by atoms with E-state index in [1.54, 1.807) is 24.3 Å². The molecule has 2 aromatic carbocycles. The maximum Gasteiger partial charge on any atom is 0.251 e. The van der Waals surface area contributed by atoms with Gasteiger partial charge in [-0.15, -0.1) is 0 Å². The summed E-state index contributed by atoms with van der Waals surface area (Å²) in [6.45, 7) is 0.153. The molecule has 0 bridgehead atoms. The first-order valence-electron chi connectivity index (χ1n) is 7.80. The number of halogens is 1. The van der Waals surface area contributed by atoms with Crippen LogP contribution in [0.5, 0.6) is 0 Å². The lowest BCUT2D eigenvalue weighted by molar-refractivity contribution is -0.114. The lowest BCUT2D eigenvalue weighted by Crippen LogP contribution is -2.26. The van der Waals surface area contributed by atoms with Crippen molar-refractivity contribution in [3.05, 3.63) is 58.6 Å². The first kappa shape index (κ1) is 16.5. The van der Waals surface area contributed by atoms with Gasteiger partial charge in [0.2, 0.25) is 5.91 Å². The summed E-state index contributed by atoms with van der Waals surface area (Å²) in [6.07, 6.45) is 2.09. The molecule has 1 aliphatic rings. The van der Waals surface area contributed by atoms with E-state index in [-0.39, 0.29) is 18.4 Å². The summed E-state index contributed by atoms with van der Waals surface area (Å²) in [6, 6.07) is 14.9. The Labute approximate surface area is 149 Å². The Bertz CT molecular complexity index is 742. The number of rotatable bonds is 6. The van der Waals surface area contributed by atoms with Gasteiger partial charge in [0.05, 0.1) is 6.54 Å². The molecule has 0 aromatic heterocycles. The second-order valence-corrected chi connectivity index (χ2v) is 6.65. The molecule has 0 unspecified atom stereocenters. The molecular weight excluding hydrogens is 370 g/mol. The monoisotopic (exact) mass is 387 g/mol. The van der Waals surface area contributed by atoms with E-state index in [1.165, 1.54) is 0 Å². The van der Waals surface area contributed by atoms with Crippen LogP contribution in [0, 0.1) is 0 Å². The standard InChI is InChI=1S/C18H18BrN3O2/c19-13-4-6-14(7-5-13)20-11-17(23)21-16-3-1-2-12(10-16)18(24)22-15-8-9-15/h1-7,10,15,20H,8-9,11H2,(H,21,23)(H,22,24). The highest BCUT2D eigenvalue weighted by molar-refractivity contribution is 9.10. The largest absolute Gasteiger partial charge is 0.376 e. The van der Waals surface area contributed by atoms with E-state index in [0.29, 0.717) is 17.3 Å². The number of benzene rings is 2. The van der Waals surface area contributed by atoms with Crippen LogP contribution in [0.15, 0.2) is 53.0 Å². The van der Waals surface area contributed by atoms with Gasteiger partial charge in [-0.1, -0.05) is 22.0 Å². The van der Waals surface area contributed by atoms with Crippen LogP contribution in [0.4, 0.5) is 11.4 Å². The molecule has 0 heterocycles. The number of amides is 2. The van der Waals surface area contributed by atoms with E-state index in [2.05, 4.69) is 31.9 Å². The quantitative estimate of drug-likeness (QED) is 0.711. The second kappa shape index (κ2) is 7.49. The summed E-state index contributed by atoms with van der Waals surface area (Å²) in [4.78, 5) is 24.1. The number of carbonyl (C=O) groups excluding carboxylic acids is 2. The van der Waals surface area contributed by atoms with Gasteiger partial charge in [0.15, 0.2) is 0 Å². The Morgan fingerprint density at radius 1 is 1.04 bits per heavy atom. The predicted octanol–water partition coefficient (Wildman–Crippen LogP) is 3.39. The molecule has 124 valence electrons. The average molecular weight is 388 g/mol. The average Bonchev–Trinajstić information content (AvgIpc) is 3.38. The third-order valence-corrected chi connectivity index (χ3v) is 4.15. The number of hydrogen-bond donors (Lipinski definition) is 3. The zero-order valence-corrected chi connectivity index (χ0v) is 14.6. The van der Waals surface area contributed by atoms with Crippen molar-refractivity contribution in [2.75, 3.05) is 17.2 Å². The molecule has 1 fully saturated rings. The highest BCUT2D eigenvalue weighted by atomic mass is 79.9. The molecule has 0 atom stereocenters. The number of anilines is 2. The van der Waals surface area contributed by atoms with Crippen molar-refractivity contribution < 1.29 is 9.59 Å². The van der Waals surface area contributed by atoms with E-state index in [9.17, 15) is 9.59 Å². The third kappa shape index (κ3) is 4.83. The molecule has 1 aliphatic carbocycles. The minimum atomic E-state index is -0.169. The highest BCUT2D eigenvalue weighted by Gasteiger charge is 2.23. The molecule has 1 saturated carbocycles. The second-order valence-electron chi connectivity index (χ2n) is 5.74. The molecule has 2 aromatic rings. The van der Waals surface area contributed by atoms with E-state index in [4.69, 9.17) is 0 Å². The van der Waals surface area contributed by atoms with Crippen LogP contribution in [0.2, 0.25) is 0 Å². The normalized spacial score (nSPS) is 13.2. The molecule has 3 N–H and O–H groups in total. The van der Waals surface area contributed by atoms with Crippen LogP contribution in [-0.4, -0.2) is 24.4 Å². The van der Waals surface area contributed by atoms with E-state index < -0.39 is 0 Å². The van der Waals surface area contributed by atoms with Crippen LogP contribution >= 0.6 is 15.9 Å². The van der Waals surface area contributed by atoms with Crippen molar-refractivity contribution in [2.24, 2.45) is 0 Å². The Morgan fingerprint density at radius 2 is 1.79 bits per heavy atom. The van der Waals surface area contributed by atoms with Crippen LogP contribution in [0.3, 0.4) is 0 Å². The molecule has 0 radical (unpaired) electrons. The smallest absolute Gasteiger partial charge is 0.251 e.